The quantitative estimate of drug-likeness (QED) is 0.496. The van der Waals surface area contributed by atoms with E-state index in [0.717, 1.165) is 10.9 Å². The van der Waals surface area contributed by atoms with Crippen molar-refractivity contribution in [3.05, 3.63) is 83.1 Å². The third-order valence-corrected chi connectivity index (χ3v) is 4.71. The maximum Gasteiger partial charge on any atom is 0.341 e. The van der Waals surface area contributed by atoms with Gasteiger partial charge in [0.05, 0.1) is 32.0 Å². The van der Waals surface area contributed by atoms with Gasteiger partial charge in [0.2, 0.25) is 0 Å². The number of carbonyl (C=O) groups excluding carboxylic acids is 2. The van der Waals surface area contributed by atoms with E-state index in [9.17, 15) is 9.59 Å². The summed E-state index contributed by atoms with van der Waals surface area (Å²) >= 11 is 0. The molecule has 0 radical (unpaired) electrons. The van der Waals surface area contributed by atoms with Crippen molar-refractivity contribution in [3.8, 4) is 0 Å². The zero-order valence-electron chi connectivity index (χ0n) is 16.6. The van der Waals surface area contributed by atoms with Gasteiger partial charge < -0.3 is 14.5 Å². The fourth-order valence-corrected chi connectivity index (χ4v) is 3.18. The Morgan fingerprint density at radius 3 is 2.73 bits per heavy atom. The number of furan rings is 1. The number of fused-ring (bicyclic) bond motifs is 1. The Morgan fingerprint density at radius 2 is 1.97 bits per heavy atom. The third kappa shape index (κ3) is 3.93. The first-order valence-corrected chi connectivity index (χ1v) is 9.36. The molecular weight excluding hydrogens is 384 g/mol. The van der Waals surface area contributed by atoms with Crippen LogP contribution in [0, 0.1) is 6.92 Å². The lowest BCUT2D eigenvalue weighted by Crippen LogP contribution is -2.22. The minimum Gasteiger partial charge on any atom is -0.465 e. The van der Waals surface area contributed by atoms with Crippen LogP contribution in [0.25, 0.3) is 11.0 Å². The van der Waals surface area contributed by atoms with Crippen molar-refractivity contribution < 1.29 is 18.7 Å². The van der Waals surface area contributed by atoms with Gasteiger partial charge in [-0.2, -0.15) is 5.10 Å². The van der Waals surface area contributed by atoms with Gasteiger partial charge in [0.1, 0.15) is 17.1 Å². The molecule has 0 bridgehead atoms. The second kappa shape index (κ2) is 8.20. The van der Waals surface area contributed by atoms with Crippen LogP contribution in [0.4, 0.5) is 0 Å². The van der Waals surface area contributed by atoms with Gasteiger partial charge in [0.25, 0.3) is 5.91 Å². The molecule has 0 aliphatic carbocycles. The Hall–Kier alpha value is -3.94. The number of amides is 1. The highest BCUT2D eigenvalue weighted by Crippen LogP contribution is 2.17. The lowest BCUT2D eigenvalue weighted by atomic mass is 10.2. The summed E-state index contributed by atoms with van der Waals surface area (Å²) in [6.07, 6.45) is 3.22. The minimum atomic E-state index is -0.476. The number of pyridine rings is 1. The zero-order valence-corrected chi connectivity index (χ0v) is 16.6. The summed E-state index contributed by atoms with van der Waals surface area (Å²) in [6, 6.07) is 13.3. The second-order valence-corrected chi connectivity index (χ2v) is 6.78. The van der Waals surface area contributed by atoms with Crippen LogP contribution in [0.5, 0.6) is 0 Å². The van der Waals surface area contributed by atoms with Crippen molar-refractivity contribution in [2.75, 3.05) is 7.11 Å². The number of hydrogen-bond acceptors (Lipinski definition) is 6. The van der Waals surface area contributed by atoms with Gasteiger partial charge in [-0.1, -0.05) is 30.3 Å². The molecule has 3 heterocycles. The van der Waals surface area contributed by atoms with Crippen LogP contribution in [0.2, 0.25) is 0 Å². The van der Waals surface area contributed by atoms with Crippen molar-refractivity contribution in [2.45, 2.75) is 20.0 Å². The van der Waals surface area contributed by atoms with Crippen molar-refractivity contribution in [1.29, 1.82) is 0 Å². The standard InChI is InChI=1S/C22H20N4O4/c1-14-19(22(28)29-2)9-18(30-14)12-24-21(27)17-8-16-11-25-26(20(16)23-10-17)13-15-6-4-3-5-7-15/h3-11H,12-13H2,1-2H3,(H,24,27). The number of esters is 1. The van der Waals surface area contributed by atoms with E-state index in [0.29, 0.717) is 34.8 Å². The van der Waals surface area contributed by atoms with E-state index < -0.39 is 5.97 Å². The highest BCUT2D eigenvalue weighted by atomic mass is 16.5. The summed E-state index contributed by atoms with van der Waals surface area (Å²) in [7, 11) is 1.31. The average Bonchev–Trinajstić information content (AvgIpc) is 3.35. The first-order valence-electron chi connectivity index (χ1n) is 9.36. The fraction of sp³-hybridized carbons (Fsp3) is 0.182. The smallest absolute Gasteiger partial charge is 0.341 e. The summed E-state index contributed by atoms with van der Waals surface area (Å²) in [4.78, 5) is 28.6. The minimum absolute atomic E-state index is 0.141. The van der Waals surface area contributed by atoms with Gasteiger partial charge in [-0.25, -0.2) is 14.5 Å². The van der Waals surface area contributed by atoms with Gasteiger partial charge in [-0.15, -0.1) is 0 Å². The van der Waals surface area contributed by atoms with Crippen LogP contribution < -0.4 is 5.32 Å². The summed E-state index contributed by atoms with van der Waals surface area (Å²) in [5.41, 5.74) is 2.58. The summed E-state index contributed by atoms with van der Waals surface area (Å²) in [5.74, 6) is 0.135. The number of carbonyl (C=O) groups is 2. The lowest BCUT2D eigenvalue weighted by molar-refractivity contribution is 0.0598. The number of methoxy groups -OCH3 is 1. The first kappa shape index (κ1) is 19.4. The molecule has 0 saturated heterocycles. The van der Waals surface area contributed by atoms with Crippen LogP contribution in [0.3, 0.4) is 0 Å². The molecule has 4 aromatic rings. The van der Waals surface area contributed by atoms with Crippen LogP contribution in [-0.2, 0) is 17.8 Å². The molecule has 0 unspecified atom stereocenters. The Balaban J connectivity index is 1.46. The van der Waals surface area contributed by atoms with E-state index in [1.165, 1.54) is 13.3 Å². The molecule has 0 spiro atoms. The van der Waals surface area contributed by atoms with E-state index in [2.05, 4.69) is 15.4 Å². The maximum absolute atomic E-state index is 12.5. The summed E-state index contributed by atoms with van der Waals surface area (Å²) < 4.78 is 12.0. The molecule has 0 saturated carbocycles. The van der Waals surface area contributed by atoms with E-state index >= 15 is 0 Å². The predicted molar refractivity (Wildman–Crippen MR) is 109 cm³/mol. The van der Waals surface area contributed by atoms with E-state index in [1.807, 2.05) is 30.3 Å². The molecule has 0 aliphatic rings. The molecule has 0 aliphatic heterocycles. The molecule has 1 N–H and O–H groups in total. The number of aryl methyl sites for hydroxylation is 1. The van der Waals surface area contributed by atoms with Crippen LogP contribution in [-0.4, -0.2) is 33.8 Å². The van der Waals surface area contributed by atoms with Gasteiger partial charge >= 0.3 is 5.97 Å². The van der Waals surface area contributed by atoms with E-state index in [1.54, 1.807) is 29.9 Å². The number of nitrogens with one attached hydrogen (secondary N) is 1. The zero-order chi connectivity index (χ0) is 21.1. The van der Waals surface area contributed by atoms with E-state index in [4.69, 9.17) is 9.15 Å². The van der Waals surface area contributed by atoms with Crippen LogP contribution >= 0.6 is 0 Å². The third-order valence-electron chi connectivity index (χ3n) is 4.71. The Morgan fingerprint density at radius 1 is 1.17 bits per heavy atom. The first-order chi connectivity index (χ1) is 14.5. The van der Waals surface area contributed by atoms with Crippen LogP contribution in [0.1, 0.15) is 37.8 Å². The summed E-state index contributed by atoms with van der Waals surface area (Å²) in [5, 5.41) is 7.94. The monoisotopic (exact) mass is 404 g/mol. The molecule has 8 heteroatoms. The molecule has 1 amide bonds. The molecule has 8 nitrogen and oxygen atoms in total. The predicted octanol–water partition coefficient (Wildman–Crippen LogP) is 3.10. The van der Waals surface area contributed by atoms with Gasteiger partial charge in [0, 0.05) is 11.6 Å². The molecule has 30 heavy (non-hydrogen) atoms. The molecule has 3 aromatic heterocycles. The van der Waals surface area contributed by atoms with Gasteiger partial charge in [0.15, 0.2) is 5.65 Å². The normalized spacial score (nSPS) is 10.9. The highest BCUT2D eigenvalue weighted by Gasteiger charge is 2.16. The summed E-state index contributed by atoms with van der Waals surface area (Å²) in [6.45, 7) is 2.41. The van der Waals surface area contributed by atoms with Crippen molar-refractivity contribution in [1.82, 2.24) is 20.1 Å². The number of rotatable bonds is 6. The molecule has 152 valence electrons. The lowest BCUT2D eigenvalue weighted by Gasteiger charge is -2.05. The Kier molecular flexibility index (Phi) is 5.30. The van der Waals surface area contributed by atoms with Crippen molar-refractivity contribution in [3.63, 3.8) is 0 Å². The van der Waals surface area contributed by atoms with E-state index in [-0.39, 0.29) is 12.5 Å². The molecule has 1 aromatic carbocycles. The van der Waals surface area contributed by atoms with Gasteiger partial charge in [-0.05, 0) is 24.6 Å². The van der Waals surface area contributed by atoms with Crippen molar-refractivity contribution in [2.24, 2.45) is 0 Å². The largest absolute Gasteiger partial charge is 0.465 e. The molecule has 0 fully saturated rings. The topological polar surface area (TPSA) is 99.2 Å². The second-order valence-electron chi connectivity index (χ2n) is 6.78. The molecular formula is C22H20N4O4. The Bertz CT molecular complexity index is 1210. The highest BCUT2D eigenvalue weighted by molar-refractivity contribution is 5.96. The molecule has 0 atom stereocenters. The number of benzene rings is 1. The average molecular weight is 404 g/mol. The van der Waals surface area contributed by atoms with Crippen LogP contribution in [0.15, 0.2) is 59.3 Å². The SMILES string of the molecule is COC(=O)c1cc(CNC(=O)c2cnc3c(cnn3Cc3ccccc3)c2)oc1C. The van der Waals surface area contributed by atoms with Gasteiger partial charge in [-0.3, -0.25) is 4.79 Å². The number of aromatic nitrogens is 3. The molecule has 4 rings (SSSR count). The fourth-order valence-electron chi connectivity index (χ4n) is 3.18. The Labute approximate surface area is 172 Å². The van der Waals surface area contributed by atoms with Crippen molar-refractivity contribution >= 4 is 22.9 Å². The number of hydrogen-bond donors (Lipinski definition) is 1. The number of ether oxygens (including phenoxy) is 1. The number of nitrogens with zero attached hydrogens (tertiary/aromatic N) is 3. The maximum atomic E-state index is 12.5.